The van der Waals surface area contributed by atoms with Gasteiger partial charge in [-0.3, -0.25) is 0 Å². The first-order valence-corrected chi connectivity index (χ1v) is 6.54. The molecule has 1 nitrogen and oxygen atoms in total. The second kappa shape index (κ2) is 10.2. The van der Waals surface area contributed by atoms with Crippen molar-refractivity contribution in [3.05, 3.63) is 12.7 Å². The third-order valence-electron chi connectivity index (χ3n) is 3.23. The Hall–Kier alpha value is -0.300. The summed E-state index contributed by atoms with van der Waals surface area (Å²) in [5.74, 6) is 0.819. The molecule has 0 aromatic rings. The summed E-state index contributed by atoms with van der Waals surface area (Å²) >= 11 is 0. The van der Waals surface area contributed by atoms with Gasteiger partial charge in [0.05, 0.1) is 0 Å². The van der Waals surface area contributed by atoms with E-state index in [0.29, 0.717) is 6.04 Å². The number of hydrogen-bond acceptors (Lipinski definition) is 1. The summed E-state index contributed by atoms with van der Waals surface area (Å²) in [6.45, 7) is 8.39. The van der Waals surface area contributed by atoms with Crippen LogP contribution < -0.4 is 5.32 Å². The van der Waals surface area contributed by atoms with Crippen molar-refractivity contribution in [3.8, 4) is 0 Å². The van der Waals surface area contributed by atoms with Crippen molar-refractivity contribution >= 4 is 0 Å². The Balaban J connectivity index is 3.55. The molecule has 0 radical (unpaired) electrons. The molecule has 0 heterocycles. The van der Waals surface area contributed by atoms with Crippen LogP contribution in [0, 0.1) is 5.92 Å². The van der Waals surface area contributed by atoms with Gasteiger partial charge in [-0.1, -0.05) is 39.2 Å². The minimum atomic E-state index is 0.716. The molecule has 90 valence electrons. The predicted octanol–water partition coefficient (Wildman–Crippen LogP) is 4.15. The first kappa shape index (κ1) is 14.7. The molecule has 0 bridgehead atoms. The van der Waals surface area contributed by atoms with Gasteiger partial charge in [-0.05, 0) is 38.6 Å². The van der Waals surface area contributed by atoms with Crippen molar-refractivity contribution in [3.63, 3.8) is 0 Å². The zero-order valence-electron chi connectivity index (χ0n) is 10.9. The standard InChI is InChI=1S/C14H29N/c1-5-7-8-9-10-12-14(15-4)13(3)11-6-2/h5,13-15H,1,6-12H2,2-4H3. The van der Waals surface area contributed by atoms with Crippen LogP contribution >= 0.6 is 0 Å². The van der Waals surface area contributed by atoms with Gasteiger partial charge in [0.15, 0.2) is 0 Å². The lowest BCUT2D eigenvalue weighted by atomic mass is 9.92. The minimum absolute atomic E-state index is 0.716. The van der Waals surface area contributed by atoms with E-state index >= 15 is 0 Å². The highest BCUT2D eigenvalue weighted by atomic mass is 14.9. The molecule has 2 unspecified atom stereocenters. The zero-order chi connectivity index (χ0) is 11.5. The molecule has 0 spiro atoms. The molecule has 0 aliphatic carbocycles. The van der Waals surface area contributed by atoms with Gasteiger partial charge in [-0.2, -0.15) is 0 Å². The fourth-order valence-corrected chi connectivity index (χ4v) is 2.20. The monoisotopic (exact) mass is 211 g/mol. The Bertz CT molecular complexity index is 142. The number of rotatable bonds is 10. The maximum Gasteiger partial charge on any atom is 0.00896 e. The number of hydrogen-bond donors (Lipinski definition) is 1. The minimum Gasteiger partial charge on any atom is -0.317 e. The van der Waals surface area contributed by atoms with Crippen molar-refractivity contribution in [2.24, 2.45) is 5.92 Å². The van der Waals surface area contributed by atoms with Gasteiger partial charge in [-0.15, -0.1) is 6.58 Å². The van der Waals surface area contributed by atoms with Crippen LogP contribution in [0.4, 0.5) is 0 Å². The van der Waals surface area contributed by atoms with E-state index in [0.717, 1.165) is 5.92 Å². The first-order valence-electron chi connectivity index (χ1n) is 6.54. The third kappa shape index (κ3) is 7.61. The molecule has 1 heteroatoms. The van der Waals surface area contributed by atoms with E-state index in [1.54, 1.807) is 0 Å². The van der Waals surface area contributed by atoms with Crippen LogP contribution in [0.15, 0.2) is 12.7 Å². The molecule has 1 N–H and O–H groups in total. The van der Waals surface area contributed by atoms with Crippen molar-refractivity contribution in [2.75, 3.05) is 7.05 Å². The van der Waals surface area contributed by atoms with Gasteiger partial charge < -0.3 is 5.32 Å². The second-order valence-electron chi connectivity index (χ2n) is 4.59. The molecule has 0 fully saturated rings. The quantitative estimate of drug-likeness (QED) is 0.423. The molecule has 0 aliphatic rings. The molecule has 2 atom stereocenters. The molecule has 15 heavy (non-hydrogen) atoms. The van der Waals surface area contributed by atoms with Crippen molar-refractivity contribution in [2.45, 2.75) is 64.8 Å². The Morgan fingerprint density at radius 2 is 1.93 bits per heavy atom. The van der Waals surface area contributed by atoms with E-state index in [9.17, 15) is 0 Å². The van der Waals surface area contributed by atoms with E-state index in [2.05, 4.69) is 32.8 Å². The van der Waals surface area contributed by atoms with E-state index in [1.165, 1.54) is 44.9 Å². The van der Waals surface area contributed by atoms with Crippen LogP contribution in [0.25, 0.3) is 0 Å². The molecule has 0 amide bonds. The topological polar surface area (TPSA) is 12.0 Å². The molecular formula is C14H29N. The Kier molecular flexibility index (Phi) is 10.0. The van der Waals surface area contributed by atoms with Crippen molar-refractivity contribution in [1.29, 1.82) is 0 Å². The Labute approximate surface area is 96.3 Å². The molecule has 0 aliphatic heterocycles. The number of unbranched alkanes of at least 4 members (excludes halogenated alkanes) is 3. The number of nitrogens with one attached hydrogen (secondary N) is 1. The summed E-state index contributed by atoms with van der Waals surface area (Å²) in [7, 11) is 2.10. The molecular weight excluding hydrogens is 182 g/mol. The van der Waals surface area contributed by atoms with Gasteiger partial charge in [0, 0.05) is 6.04 Å². The summed E-state index contributed by atoms with van der Waals surface area (Å²) in [4.78, 5) is 0. The van der Waals surface area contributed by atoms with Crippen LogP contribution in [0.1, 0.15) is 58.8 Å². The zero-order valence-corrected chi connectivity index (χ0v) is 10.9. The molecule has 0 saturated heterocycles. The summed E-state index contributed by atoms with van der Waals surface area (Å²) in [5.41, 5.74) is 0. The normalized spacial score (nSPS) is 14.9. The molecule has 0 aromatic carbocycles. The van der Waals surface area contributed by atoms with E-state index in [1.807, 2.05) is 6.08 Å². The lowest BCUT2D eigenvalue weighted by Gasteiger charge is -2.23. The summed E-state index contributed by atoms with van der Waals surface area (Å²) in [6.07, 6.45) is 11.2. The fourth-order valence-electron chi connectivity index (χ4n) is 2.20. The highest BCUT2D eigenvalue weighted by Gasteiger charge is 2.13. The summed E-state index contributed by atoms with van der Waals surface area (Å²) in [6, 6.07) is 0.716. The third-order valence-corrected chi connectivity index (χ3v) is 3.23. The smallest absolute Gasteiger partial charge is 0.00896 e. The maximum atomic E-state index is 3.75. The predicted molar refractivity (Wildman–Crippen MR) is 70.2 cm³/mol. The van der Waals surface area contributed by atoms with E-state index in [-0.39, 0.29) is 0 Å². The van der Waals surface area contributed by atoms with Crippen LogP contribution in [0.5, 0.6) is 0 Å². The van der Waals surface area contributed by atoms with Crippen molar-refractivity contribution in [1.82, 2.24) is 5.32 Å². The Morgan fingerprint density at radius 3 is 2.47 bits per heavy atom. The fraction of sp³-hybridized carbons (Fsp3) is 0.857. The molecule has 0 rings (SSSR count). The largest absolute Gasteiger partial charge is 0.317 e. The lowest BCUT2D eigenvalue weighted by Crippen LogP contribution is -2.31. The highest BCUT2D eigenvalue weighted by Crippen LogP contribution is 2.16. The van der Waals surface area contributed by atoms with E-state index < -0.39 is 0 Å². The van der Waals surface area contributed by atoms with Gasteiger partial charge in [-0.25, -0.2) is 0 Å². The van der Waals surface area contributed by atoms with Gasteiger partial charge in [0.2, 0.25) is 0 Å². The van der Waals surface area contributed by atoms with Gasteiger partial charge >= 0.3 is 0 Å². The second-order valence-corrected chi connectivity index (χ2v) is 4.59. The maximum absolute atomic E-state index is 3.75. The SMILES string of the molecule is C=CCCCCCC(NC)C(C)CCC. The van der Waals surface area contributed by atoms with Gasteiger partial charge in [0.25, 0.3) is 0 Å². The average molecular weight is 211 g/mol. The lowest BCUT2D eigenvalue weighted by molar-refractivity contribution is 0.345. The van der Waals surface area contributed by atoms with Crippen LogP contribution in [-0.4, -0.2) is 13.1 Å². The molecule has 0 aromatic heterocycles. The molecule has 0 saturated carbocycles. The first-order chi connectivity index (χ1) is 7.26. The summed E-state index contributed by atoms with van der Waals surface area (Å²) in [5, 5.41) is 3.46. The average Bonchev–Trinajstić information content (AvgIpc) is 2.23. The highest BCUT2D eigenvalue weighted by molar-refractivity contribution is 4.72. The number of allylic oxidation sites excluding steroid dienone is 1. The van der Waals surface area contributed by atoms with Gasteiger partial charge in [0.1, 0.15) is 0 Å². The van der Waals surface area contributed by atoms with Crippen LogP contribution in [-0.2, 0) is 0 Å². The van der Waals surface area contributed by atoms with Crippen LogP contribution in [0.2, 0.25) is 0 Å². The van der Waals surface area contributed by atoms with Crippen LogP contribution in [0.3, 0.4) is 0 Å². The van der Waals surface area contributed by atoms with E-state index in [4.69, 9.17) is 0 Å². The summed E-state index contributed by atoms with van der Waals surface area (Å²) < 4.78 is 0. The van der Waals surface area contributed by atoms with Crippen molar-refractivity contribution < 1.29 is 0 Å². The Morgan fingerprint density at radius 1 is 1.20 bits per heavy atom.